The number of anilines is 1. The van der Waals surface area contributed by atoms with Crippen molar-refractivity contribution in [2.75, 3.05) is 11.9 Å². The van der Waals surface area contributed by atoms with Crippen LogP contribution in [0.1, 0.15) is 48.9 Å². The van der Waals surface area contributed by atoms with Crippen LogP contribution < -0.4 is 15.4 Å². The molecule has 1 aliphatic carbocycles. The molecule has 1 saturated carbocycles. The van der Waals surface area contributed by atoms with E-state index >= 15 is 0 Å². The molecule has 3 N–H and O–H groups in total. The average Bonchev–Trinajstić information content (AvgIpc) is 2.65. The highest BCUT2D eigenvalue weighted by Crippen LogP contribution is 2.27. The highest BCUT2D eigenvalue weighted by atomic mass is 16.5. The van der Waals surface area contributed by atoms with Gasteiger partial charge in [-0.1, -0.05) is 12.5 Å². The molecule has 3 rings (SSSR count). The maximum Gasteiger partial charge on any atom is 0.330 e. The highest BCUT2D eigenvalue weighted by molar-refractivity contribution is 5.79. The lowest BCUT2D eigenvalue weighted by Crippen LogP contribution is -2.34. The lowest BCUT2D eigenvalue weighted by atomic mass is 9.93. The number of aliphatic carboxylic acids is 1. The molecule has 1 aliphatic rings. The maximum atomic E-state index is 12.0. The van der Waals surface area contributed by atoms with Crippen molar-refractivity contribution in [2.24, 2.45) is 0 Å². The first-order chi connectivity index (χ1) is 13.6. The van der Waals surface area contributed by atoms with Gasteiger partial charge in [0.15, 0.2) is 6.04 Å². The quantitative estimate of drug-likeness (QED) is 0.613. The van der Waals surface area contributed by atoms with E-state index < -0.39 is 12.0 Å². The fourth-order valence-corrected chi connectivity index (χ4v) is 3.17. The summed E-state index contributed by atoms with van der Waals surface area (Å²) in [6.45, 7) is 3.10. The minimum atomic E-state index is -0.976. The van der Waals surface area contributed by atoms with E-state index in [4.69, 9.17) is 10.00 Å². The van der Waals surface area contributed by atoms with Gasteiger partial charge in [0.25, 0.3) is 0 Å². The van der Waals surface area contributed by atoms with Crippen LogP contribution >= 0.6 is 0 Å². The third kappa shape index (κ3) is 5.02. The Balaban J connectivity index is 1.83. The van der Waals surface area contributed by atoms with E-state index in [9.17, 15) is 9.90 Å². The van der Waals surface area contributed by atoms with E-state index in [0.717, 1.165) is 5.56 Å². The zero-order valence-electron chi connectivity index (χ0n) is 15.9. The molecule has 0 radical (unpaired) electrons. The van der Waals surface area contributed by atoms with Crippen LogP contribution in [0.3, 0.4) is 0 Å². The molecule has 0 bridgehead atoms. The van der Waals surface area contributed by atoms with E-state index in [1.54, 1.807) is 30.3 Å². The van der Waals surface area contributed by atoms with Gasteiger partial charge in [0.2, 0.25) is 0 Å². The predicted octanol–water partition coefficient (Wildman–Crippen LogP) is 3.84. The number of nitrogens with one attached hydrogen (secondary N) is 2. The molecular formula is C22H25N3O3. The van der Waals surface area contributed by atoms with Crippen molar-refractivity contribution in [3.63, 3.8) is 0 Å². The van der Waals surface area contributed by atoms with Crippen molar-refractivity contribution in [1.29, 1.82) is 5.26 Å². The van der Waals surface area contributed by atoms with Crippen molar-refractivity contribution in [2.45, 2.75) is 44.8 Å². The van der Waals surface area contributed by atoms with Crippen molar-refractivity contribution < 1.29 is 14.6 Å². The molecule has 146 valence electrons. The summed E-state index contributed by atoms with van der Waals surface area (Å²) >= 11 is 0. The van der Waals surface area contributed by atoms with Gasteiger partial charge in [-0.25, -0.2) is 4.79 Å². The number of nitriles is 1. The van der Waals surface area contributed by atoms with Crippen molar-refractivity contribution >= 4 is 11.7 Å². The summed E-state index contributed by atoms with van der Waals surface area (Å²) in [5.74, 6) is -0.311. The van der Waals surface area contributed by atoms with Gasteiger partial charge in [-0.2, -0.15) is 5.26 Å². The van der Waals surface area contributed by atoms with Gasteiger partial charge in [0, 0.05) is 18.3 Å². The first kappa shape index (κ1) is 19.7. The van der Waals surface area contributed by atoms with E-state index in [1.165, 1.54) is 19.3 Å². The molecule has 28 heavy (non-hydrogen) atoms. The molecular weight excluding hydrogens is 354 g/mol. The molecule has 0 aromatic heterocycles. The van der Waals surface area contributed by atoms with Gasteiger partial charge in [0.1, 0.15) is 5.75 Å². The van der Waals surface area contributed by atoms with E-state index in [-0.39, 0.29) is 0 Å². The smallest absolute Gasteiger partial charge is 0.330 e. The Morgan fingerprint density at radius 1 is 1.29 bits per heavy atom. The molecule has 2 aromatic carbocycles. The normalized spacial score (nSPS) is 14.6. The van der Waals surface area contributed by atoms with Crippen LogP contribution in [-0.4, -0.2) is 23.7 Å². The number of rotatable bonds is 9. The van der Waals surface area contributed by atoms with Crippen molar-refractivity contribution in [3.8, 4) is 11.8 Å². The van der Waals surface area contributed by atoms with Crippen LogP contribution in [-0.2, 0) is 11.3 Å². The Bertz CT molecular complexity index is 854. The SMILES string of the molecule is CCOc1cc(CNC2CCC2)cc(C(Nc2ccc(C#N)cc2)C(=O)O)c1. The molecule has 0 spiro atoms. The molecule has 0 saturated heterocycles. The van der Waals surface area contributed by atoms with Crippen LogP contribution in [0.4, 0.5) is 5.69 Å². The Labute approximate surface area is 165 Å². The summed E-state index contributed by atoms with van der Waals surface area (Å²) in [5.41, 5.74) is 2.80. The number of carbonyl (C=O) groups is 1. The fourth-order valence-electron chi connectivity index (χ4n) is 3.17. The Kier molecular flexibility index (Phi) is 6.51. The summed E-state index contributed by atoms with van der Waals surface area (Å²) in [6, 6.07) is 14.1. The van der Waals surface area contributed by atoms with Crippen LogP contribution in [0.2, 0.25) is 0 Å². The standard InChI is InChI=1S/C22H25N3O3/c1-2-28-20-11-16(14-24-18-4-3-5-18)10-17(12-20)21(22(26)27)25-19-8-6-15(13-23)7-9-19/h6-12,18,21,24-25H,2-5,14H2,1H3,(H,26,27). The number of hydrogen-bond acceptors (Lipinski definition) is 5. The minimum Gasteiger partial charge on any atom is -0.494 e. The molecule has 0 amide bonds. The maximum absolute atomic E-state index is 12.0. The van der Waals surface area contributed by atoms with E-state index in [1.807, 2.05) is 19.1 Å². The Morgan fingerprint density at radius 2 is 2.04 bits per heavy atom. The number of ether oxygens (including phenoxy) is 1. The van der Waals surface area contributed by atoms with Crippen LogP contribution in [0, 0.1) is 11.3 Å². The van der Waals surface area contributed by atoms with E-state index in [2.05, 4.69) is 16.7 Å². The van der Waals surface area contributed by atoms with Gasteiger partial charge in [0.05, 0.1) is 18.2 Å². The third-order valence-corrected chi connectivity index (χ3v) is 4.90. The summed E-state index contributed by atoms with van der Waals surface area (Å²) in [6.07, 6.45) is 3.64. The molecule has 0 aliphatic heterocycles. The van der Waals surface area contributed by atoms with Crippen LogP contribution in [0.5, 0.6) is 5.75 Å². The van der Waals surface area contributed by atoms with Gasteiger partial charge < -0.3 is 20.5 Å². The minimum absolute atomic E-state index is 0.514. The third-order valence-electron chi connectivity index (χ3n) is 4.90. The first-order valence-electron chi connectivity index (χ1n) is 9.58. The zero-order valence-corrected chi connectivity index (χ0v) is 15.9. The van der Waals surface area contributed by atoms with E-state index in [0.29, 0.717) is 41.8 Å². The fraction of sp³-hybridized carbons (Fsp3) is 0.364. The van der Waals surface area contributed by atoms with Crippen LogP contribution in [0.25, 0.3) is 0 Å². The number of carboxylic acids is 1. The van der Waals surface area contributed by atoms with Gasteiger partial charge in [-0.15, -0.1) is 0 Å². The number of hydrogen-bond donors (Lipinski definition) is 3. The monoisotopic (exact) mass is 379 g/mol. The molecule has 6 nitrogen and oxygen atoms in total. The zero-order chi connectivity index (χ0) is 19.9. The Hall–Kier alpha value is -3.04. The Morgan fingerprint density at radius 3 is 2.61 bits per heavy atom. The first-order valence-corrected chi connectivity index (χ1v) is 9.58. The molecule has 1 unspecified atom stereocenters. The second kappa shape index (κ2) is 9.25. The molecule has 6 heteroatoms. The summed E-state index contributed by atoms with van der Waals surface area (Å²) in [4.78, 5) is 12.0. The number of carboxylic acid groups (broad SMARTS) is 1. The number of nitrogens with zero attached hydrogens (tertiary/aromatic N) is 1. The lowest BCUT2D eigenvalue weighted by molar-refractivity contribution is -0.138. The largest absolute Gasteiger partial charge is 0.494 e. The lowest BCUT2D eigenvalue weighted by Gasteiger charge is -2.27. The second-order valence-corrected chi connectivity index (χ2v) is 6.96. The summed E-state index contributed by atoms with van der Waals surface area (Å²) in [5, 5.41) is 25.3. The molecule has 1 fully saturated rings. The highest BCUT2D eigenvalue weighted by Gasteiger charge is 2.22. The molecule has 1 atom stereocenters. The topological polar surface area (TPSA) is 94.4 Å². The predicted molar refractivity (Wildman–Crippen MR) is 107 cm³/mol. The van der Waals surface area contributed by atoms with Crippen molar-refractivity contribution in [1.82, 2.24) is 5.32 Å². The van der Waals surface area contributed by atoms with Crippen molar-refractivity contribution in [3.05, 3.63) is 59.2 Å². The second-order valence-electron chi connectivity index (χ2n) is 6.96. The number of benzene rings is 2. The summed E-state index contributed by atoms with van der Waals surface area (Å²) in [7, 11) is 0. The van der Waals surface area contributed by atoms with Gasteiger partial charge in [-0.3, -0.25) is 0 Å². The van der Waals surface area contributed by atoms with Gasteiger partial charge in [-0.05, 0) is 67.3 Å². The van der Waals surface area contributed by atoms with Crippen LogP contribution in [0.15, 0.2) is 42.5 Å². The summed E-state index contributed by atoms with van der Waals surface area (Å²) < 4.78 is 5.66. The molecule has 2 aromatic rings. The van der Waals surface area contributed by atoms with Gasteiger partial charge >= 0.3 is 5.97 Å². The molecule has 0 heterocycles. The average molecular weight is 379 g/mol.